The molecule has 2 aliphatic rings. The van der Waals surface area contributed by atoms with Crippen molar-refractivity contribution in [1.82, 2.24) is 10.2 Å². The van der Waals surface area contributed by atoms with Crippen molar-refractivity contribution in [1.29, 1.82) is 0 Å². The first-order chi connectivity index (χ1) is 12.0. The second-order valence-electron chi connectivity index (χ2n) is 7.15. The second-order valence-corrected chi connectivity index (χ2v) is 7.15. The fourth-order valence-corrected chi connectivity index (χ4v) is 4.09. The number of hydrogen-bond donors (Lipinski definition) is 1. The number of carbonyl (C=O) groups is 2. The van der Waals surface area contributed by atoms with Crippen LogP contribution < -0.4 is 5.32 Å². The summed E-state index contributed by atoms with van der Waals surface area (Å²) in [5, 5.41) is 3.46. The van der Waals surface area contributed by atoms with Gasteiger partial charge in [-0.15, -0.1) is 0 Å². The zero-order chi connectivity index (χ0) is 17.6. The van der Waals surface area contributed by atoms with E-state index in [0.29, 0.717) is 17.4 Å². The van der Waals surface area contributed by atoms with E-state index in [1.165, 1.54) is 0 Å². The van der Waals surface area contributed by atoms with Gasteiger partial charge >= 0.3 is 0 Å². The Morgan fingerprint density at radius 3 is 2.72 bits per heavy atom. The molecule has 2 aromatic rings. The van der Waals surface area contributed by atoms with Gasteiger partial charge in [-0.3, -0.25) is 9.59 Å². The molecular formula is C21H22N2O2. The van der Waals surface area contributed by atoms with Crippen LogP contribution in [0.25, 0.3) is 11.1 Å². The van der Waals surface area contributed by atoms with Crippen LogP contribution in [0, 0.1) is 5.92 Å². The third-order valence-corrected chi connectivity index (χ3v) is 5.48. The van der Waals surface area contributed by atoms with Gasteiger partial charge in [-0.2, -0.15) is 0 Å². The van der Waals surface area contributed by atoms with Crippen molar-refractivity contribution >= 4 is 11.7 Å². The molecule has 4 heteroatoms. The number of nitrogens with zero attached hydrogens (tertiary/aromatic N) is 1. The monoisotopic (exact) mass is 334 g/mol. The van der Waals surface area contributed by atoms with E-state index in [2.05, 4.69) is 17.4 Å². The third-order valence-electron chi connectivity index (χ3n) is 5.48. The number of Topliss-reactive ketones (excluding diaryl/α,β-unsaturated/α-hetero) is 1. The minimum Gasteiger partial charge on any atom is -0.341 e. The third kappa shape index (κ3) is 2.76. The van der Waals surface area contributed by atoms with E-state index in [1.54, 1.807) is 6.92 Å². The number of rotatable bonds is 2. The molecule has 2 atom stereocenters. The molecule has 0 aromatic heterocycles. The molecule has 0 aliphatic carbocycles. The fraction of sp³-hybridized carbons (Fsp3) is 0.333. The zero-order valence-corrected chi connectivity index (χ0v) is 14.6. The number of hydrogen-bond acceptors (Lipinski definition) is 3. The van der Waals surface area contributed by atoms with Gasteiger partial charge in [0.15, 0.2) is 5.78 Å². The molecule has 2 heterocycles. The molecule has 2 aromatic carbocycles. The summed E-state index contributed by atoms with van der Waals surface area (Å²) >= 11 is 0. The topological polar surface area (TPSA) is 49.4 Å². The lowest BCUT2D eigenvalue weighted by Crippen LogP contribution is -2.31. The molecule has 1 fully saturated rings. The van der Waals surface area contributed by atoms with Crippen molar-refractivity contribution in [3.63, 3.8) is 0 Å². The predicted molar refractivity (Wildman–Crippen MR) is 97.9 cm³/mol. The quantitative estimate of drug-likeness (QED) is 0.859. The van der Waals surface area contributed by atoms with Crippen LogP contribution in [0.15, 0.2) is 42.5 Å². The van der Waals surface area contributed by atoms with E-state index in [1.807, 2.05) is 42.3 Å². The number of amides is 1. The van der Waals surface area contributed by atoms with Gasteiger partial charge in [0.05, 0.1) is 0 Å². The fourth-order valence-electron chi connectivity index (χ4n) is 4.09. The first-order valence-corrected chi connectivity index (χ1v) is 8.76. The van der Waals surface area contributed by atoms with Gasteiger partial charge in [0.2, 0.25) is 0 Å². The maximum atomic E-state index is 12.9. The summed E-state index contributed by atoms with van der Waals surface area (Å²) in [6.45, 7) is 4.25. The average molecular weight is 334 g/mol. The van der Waals surface area contributed by atoms with Crippen molar-refractivity contribution < 1.29 is 9.59 Å². The summed E-state index contributed by atoms with van der Waals surface area (Å²) in [5.74, 6) is 1.00. The molecule has 1 amide bonds. The lowest BCUT2D eigenvalue weighted by Gasteiger charge is -2.19. The first-order valence-electron chi connectivity index (χ1n) is 8.76. The highest BCUT2D eigenvalue weighted by atomic mass is 16.2. The molecule has 4 rings (SSSR count). The molecule has 4 nitrogen and oxygen atoms in total. The smallest absolute Gasteiger partial charge is 0.253 e. The second kappa shape index (κ2) is 6.12. The Labute approximate surface area is 147 Å². The van der Waals surface area contributed by atoms with Crippen molar-refractivity contribution in [3.05, 3.63) is 59.2 Å². The number of benzene rings is 2. The lowest BCUT2D eigenvalue weighted by molar-refractivity contribution is 0.0784. The highest BCUT2D eigenvalue weighted by Crippen LogP contribution is 2.36. The van der Waals surface area contributed by atoms with Crippen LogP contribution in [-0.2, 0) is 0 Å². The van der Waals surface area contributed by atoms with Crippen LogP contribution >= 0.6 is 0 Å². The highest BCUT2D eigenvalue weighted by molar-refractivity contribution is 5.98. The van der Waals surface area contributed by atoms with Gasteiger partial charge in [0.1, 0.15) is 0 Å². The Kier molecular flexibility index (Phi) is 3.92. The summed E-state index contributed by atoms with van der Waals surface area (Å²) in [7, 11) is 1.88. The van der Waals surface area contributed by atoms with Gasteiger partial charge < -0.3 is 10.2 Å². The average Bonchev–Trinajstić information content (AvgIpc) is 3.05. The van der Waals surface area contributed by atoms with Crippen LogP contribution in [0.2, 0.25) is 0 Å². The molecule has 128 valence electrons. The van der Waals surface area contributed by atoms with Crippen molar-refractivity contribution in [3.8, 4) is 11.1 Å². The summed E-state index contributed by atoms with van der Waals surface area (Å²) < 4.78 is 0. The minimum absolute atomic E-state index is 0.0484. The van der Waals surface area contributed by atoms with Crippen LogP contribution in [0.4, 0.5) is 0 Å². The summed E-state index contributed by atoms with van der Waals surface area (Å²) in [4.78, 5) is 26.4. The molecule has 1 saturated heterocycles. The van der Waals surface area contributed by atoms with E-state index in [9.17, 15) is 9.59 Å². The standard InChI is InChI=1S/C21H22N2O2/c1-13(24)14-4-3-5-15(8-14)16-6-7-18-19(9-16)21(25)23(2)12-17-10-22-11-20(17)18/h3-9,17,20,22H,10-12H2,1-2H3/t17-,20+/m1/s1. The molecule has 2 aliphatic heterocycles. The number of fused-ring (bicyclic) bond motifs is 3. The molecule has 0 spiro atoms. The summed E-state index contributed by atoms with van der Waals surface area (Å²) in [5.41, 5.74) is 4.58. The Bertz CT molecular complexity index is 859. The van der Waals surface area contributed by atoms with Crippen LogP contribution in [0.5, 0.6) is 0 Å². The molecule has 0 unspecified atom stereocenters. The number of nitrogens with one attached hydrogen (secondary N) is 1. The van der Waals surface area contributed by atoms with E-state index >= 15 is 0 Å². The van der Waals surface area contributed by atoms with Gasteiger partial charge in [-0.25, -0.2) is 0 Å². The van der Waals surface area contributed by atoms with Crippen LogP contribution in [0.1, 0.15) is 39.1 Å². The lowest BCUT2D eigenvalue weighted by atomic mass is 9.86. The highest BCUT2D eigenvalue weighted by Gasteiger charge is 2.36. The van der Waals surface area contributed by atoms with E-state index in [-0.39, 0.29) is 11.7 Å². The van der Waals surface area contributed by atoms with Crippen molar-refractivity contribution in [2.45, 2.75) is 12.8 Å². The Morgan fingerprint density at radius 2 is 1.92 bits per heavy atom. The van der Waals surface area contributed by atoms with Gasteiger partial charge in [0.25, 0.3) is 5.91 Å². The van der Waals surface area contributed by atoms with Gasteiger partial charge in [0, 0.05) is 43.7 Å². The predicted octanol–water partition coefficient (Wildman–Crippen LogP) is 2.94. The minimum atomic E-state index is 0.0484. The number of ketones is 1. The maximum Gasteiger partial charge on any atom is 0.253 e. The first kappa shape index (κ1) is 16.0. The molecular weight excluding hydrogens is 312 g/mol. The summed E-state index contributed by atoms with van der Waals surface area (Å²) in [6, 6.07) is 13.8. The van der Waals surface area contributed by atoms with Crippen LogP contribution in [0.3, 0.4) is 0 Å². The Hall–Kier alpha value is -2.46. The molecule has 25 heavy (non-hydrogen) atoms. The largest absolute Gasteiger partial charge is 0.341 e. The van der Waals surface area contributed by atoms with Crippen molar-refractivity contribution in [2.75, 3.05) is 26.7 Å². The zero-order valence-electron chi connectivity index (χ0n) is 14.6. The summed E-state index contributed by atoms with van der Waals surface area (Å²) in [6.07, 6.45) is 0. The van der Waals surface area contributed by atoms with Gasteiger partial charge in [-0.05, 0) is 41.7 Å². The van der Waals surface area contributed by atoms with E-state index in [0.717, 1.165) is 41.9 Å². The molecule has 0 radical (unpaired) electrons. The van der Waals surface area contributed by atoms with E-state index in [4.69, 9.17) is 0 Å². The Balaban J connectivity index is 1.81. The Morgan fingerprint density at radius 1 is 1.12 bits per heavy atom. The number of carbonyl (C=O) groups excluding carboxylic acids is 2. The van der Waals surface area contributed by atoms with Crippen LogP contribution in [-0.4, -0.2) is 43.3 Å². The maximum absolute atomic E-state index is 12.9. The molecule has 0 saturated carbocycles. The van der Waals surface area contributed by atoms with E-state index < -0.39 is 0 Å². The van der Waals surface area contributed by atoms with Gasteiger partial charge in [-0.1, -0.05) is 30.3 Å². The van der Waals surface area contributed by atoms with Crippen molar-refractivity contribution in [2.24, 2.45) is 5.92 Å². The molecule has 1 N–H and O–H groups in total. The SMILES string of the molecule is CC(=O)c1cccc(-c2ccc3c(c2)C(=O)N(C)C[C@H]2CNC[C@H]32)c1. The normalized spacial score (nSPS) is 22.3. The molecule has 0 bridgehead atoms.